The molecule has 14 heavy (non-hydrogen) atoms. The molecule has 0 aromatic carbocycles. The van der Waals surface area contributed by atoms with Crippen molar-refractivity contribution in [3.05, 3.63) is 0 Å². The van der Waals surface area contributed by atoms with Gasteiger partial charge in [-0.2, -0.15) is 0 Å². The molecule has 0 aliphatic rings. The van der Waals surface area contributed by atoms with Crippen LogP contribution >= 0.6 is 0 Å². The van der Waals surface area contributed by atoms with Crippen molar-refractivity contribution in [3.8, 4) is 0 Å². The summed E-state index contributed by atoms with van der Waals surface area (Å²) in [4.78, 5) is 21.0. The summed E-state index contributed by atoms with van der Waals surface area (Å²) in [5.41, 5.74) is 0. The third-order valence-corrected chi connectivity index (χ3v) is 1.40. The summed E-state index contributed by atoms with van der Waals surface area (Å²) < 4.78 is 4.72. The van der Waals surface area contributed by atoms with E-state index in [4.69, 9.17) is 9.84 Å². The number of hydrogen-bond donors (Lipinski definition) is 3. The summed E-state index contributed by atoms with van der Waals surface area (Å²) in [5, 5.41) is 13.7. The standard InChI is InChI=1S/C8H16N2O4/c1-9-3-2-7(11)10-4-5-14-6-8(12)13/h9H,2-6H2,1H3,(H,10,11)(H,12,13). The molecule has 0 aliphatic carbocycles. The van der Waals surface area contributed by atoms with E-state index in [0.717, 1.165) is 0 Å². The molecule has 0 aromatic rings. The Kier molecular flexibility index (Phi) is 7.77. The first kappa shape index (κ1) is 12.9. The van der Waals surface area contributed by atoms with Gasteiger partial charge in [0.2, 0.25) is 5.91 Å². The molecule has 0 rings (SSSR count). The number of carbonyl (C=O) groups is 2. The Hall–Kier alpha value is -1.14. The Bertz CT molecular complexity index is 184. The molecule has 0 bridgehead atoms. The van der Waals surface area contributed by atoms with Crippen LogP contribution in [-0.4, -0.2) is 50.3 Å². The van der Waals surface area contributed by atoms with Gasteiger partial charge in [0.15, 0.2) is 0 Å². The van der Waals surface area contributed by atoms with Crippen LogP contribution in [0.25, 0.3) is 0 Å². The van der Waals surface area contributed by atoms with Crippen LogP contribution in [-0.2, 0) is 14.3 Å². The summed E-state index contributed by atoms with van der Waals surface area (Å²) in [6.07, 6.45) is 0.412. The lowest BCUT2D eigenvalue weighted by Gasteiger charge is -2.04. The Morgan fingerprint density at radius 2 is 2.07 bits per heavy atom. The van der Waals surface area contributed by atoms with Crippen LogP contribution in [0.5, 0.6) is 0 Å². The fourth-order valence-corrected chi connectivity index (χ4v) is 0.749. The van der Waals surface area contributed by atoms with Crippen LogP contribution in [0, 0.1) is 0 Å². The third-order valence-electron chi connectivity index (χ3n) is 1.40. The first-order valence-corrected chi connectivity index (χ1v) is 4.37. The molecular formula is C8H16N2O4. The minimum atomic E-state index is -1.01. The molecular weight excluding hydrogens is 188 g/mol. The maximum atomic E-state index is 11.0. The van der Waals surface area contributed by atoms with Crippen molar-refractivity contribution in [3.63, 3.8) is 0 Å². The zero-order chi connectivity index (χ0) is 10.8. The number of amides is 1. The van der Waals surface area contributed by atoms with Crippen LogP contribution in [0.3, 0.4) is 0 Å². The highest BCUT2D eigenvalue weighted by molar-refractivity contribution is 5.76. The molecule has 0 unspecified atom stereocenters. The predicted molar refractivity (Wildman–Crippen MR) is 50.0 cm³/mol. The lowest BCUT2D eigenvalue weighted by atomic mass is 10.4. The smallest absolute Gasteiger partial charge is 0.329 e. The van der Waals surface area contributed by atoms with E-state index in [1.807, 2.05) is 0 Å². The zero-order valence-electron chi connectivity index (χ0n) is 8.21. The summed E-state index contributed by atoms with van der Waals surface area (Å²) in [7, 11) is 1.77. The van der Waals surface area contributed by atoms with Crippen molar-refractivity contribution < 1.29 is 19.4 Å². The summed E-state index contributed by atoms with van der Waals surface area (Å²) in [6.45, 7) is 0.863. The summed E-state index contributed by atoms with van der Waals surface area (Å²) in [5.74, 6) is -1.08. The van der Waals surface area contributed by atoms with Crippen LogP contribution in [0.4, 0.5) is 0 Å². The minimum absolute atomic E-state index is 0.0710. The predicted octanol–water partition coefficient (Wildman–Crippen LogP) is -1.19. The lowest BCUT2D eigenvalue weighted by Crippen LogP contribution is -2.29. The number of rotatable bonds is 8. The Labute approximate surface area is 82.6 Å². The van der Waals surface area contributed by atoms with Crippen molar-refractivity contribution in [2.75, 3.05) is 33.4 Å². The second-order valence-corrected chi connectivity index (χ2v) is 2.65. The average molecular weight is 204 g/mol. The topological polar surface area (TPSA) is 87.7 Å². The molecule has 6 nitrogen and oxygen atoms in total. The van der Waals surface area contributed by atoms with Crippen molar-refractivity contribution in [1.29, 1.82) is 0 Å². The maximum Gasteiger partial charge on any atom is 0.329 e. The molecule has 0 radical (unpaired) electrons. The lowest BCUT2D eigenvalue weighted by molar-refractivity contribution is -0.142. The van der Waals surface area contributed by atoms with Gasteiger partial charge in [0.05, 0.1) is 6.61 Å². The van der Waals surface area contributed by atoms with Gasteiger partial charge in [0, 0.05) is 19.5 Å². The number of carboxylic acids is 1. The highest BCUT2D eigenvalue weighted by atomic mass is 16.5. The molecule has 0 atom stereocenters. The number of ether oxygens (including phenoxy) is 1. The zero-order valence-corrected chi connectivity index (χ0v) is 8.21. The van der Waals surface area contributed by atoms with E-state index < -0.39 is 5.97 Å². The SMILES string of the molecule is CNCCC(=O)NCCOCC(=O)O. The molecule has 0 aliphatic heterocycles. The minimum Gasteiger partial charge on any atom is -0.480 e. The van der Waals surface area contributed by atoms with Crippen molar-refractivity contribution in [2.45, 2.75) is 6.42 Å². The summed E-state index contributed by atoms with van der Waals surface area (Å²) in [6, 6.07) is 0. The molecule has 1 amide bonds. The Morgan fingerprint density at radius 1 is 1.36 bits per heavy atom. The van der Waals surface area contributed by atoms with Gasteiger partial charge in [0.1, 0.15) is 6.61 Å². The molecule has 0 spiro atoms. The van der Waals surface area contributed by atoms with E-state index in [9.17, 15) is 9.59 Å². The van der Waals surface area contributed by atoms with Crippen LogP contribution in [0.2, 0.25) is 0 Å². The van der Waals surface area contributed by atoms with E-state index in [0.29, 0.717) is 19.5 Å². The number of carbonyl (C=O) groups excluding carboxylic acids is 1. The van der Waals surface area contributed by atoms with Gasteiger partial charge in [-0.1, -0.05) is 0 Å². The largest absolute Gasteiger partial charge is 0.480 e. The first-order chi connectivity index (χ1) is 6.66. The Morgan fingerprint density at radius 3 is 2.64 bits per heavy atom. The van der Waals surface area contributed by atoms with Crippen molar-refractivity contribution in [1.82, 2.24) is 10.6 Å². The molecule has 0 fully saturated rings. The number of aliphatic carboxylic acids is 1. The fraction of sp³-hybridized carbons (Fsp3) is 0.750. The van der Waals surface area contributed by atoms with E-state index in [2.05, 4.69) is 10.6 Å². The third kappa shape index (κ3) is 8.95. The van der Waals surface area contributed by atoms with Gasteiger partial charge in [-0.05, 0) is 7.05 Å². The van der Waals surface area contributed by atoms with E-state index in [-0.39, 0.29) is 19.1 Å². The van der Waals surface area contributed by atoms with Gasteiger partial charge in [-0.15, -0.1) is 0 Å². The van der Waals surface area contributed by atoms with Gasteiger partial charge in [0.25, 0.3) is 0 Å². The van der Waals surface area contributed by atoms with Crippen molar-refractivity contribution >= 4 is 11.9 Å². The number of hydrogen-bond acceptors (Lipinski definition) is 4. The van der Waals surface area contributed by atoms with Gasteiger partial charge >= 0.3 is 5.97 Å². The molecule has 3 N–H and O–H groups in total. The van der Waals surface area contributed by atoms with Crippen LogP contribution in [0.1, 0.15) is 6.42 Å². The quantitative estimate of drug-likeness (QED) is 0.433. The monoisotopic (exact) mass is 204 g/mol. The summed E-state index contributed by atoms with van der Waals surface area (Å²) >= 11 is 0. The maximum absolute atomic E-state index is 11.0. The highest BCUT2D eigenvalue weighted by Crippen LogP contribution is 1.77. The molecule has 0 aromatic heterocycles. The normalized spacial score (nSPS) is 9.79. The van der Waals surface area contributed by atoms with Gasteiger partial charge in [-0.25, -0.2) is 4.79 Å². The van der Waals surface area contributed by atoms with Crippen LogP contribution in [0.15, 0.2) is 0 Å². The number of carboxylic acid groups (broad SMARTS) is 1. The van der Waals surface area contributed by atoms with Crippen molar-refractivity contribution in [2.24, 2.45) is 0 Å². The van der Waals surface area contributed by atoms with E-state index >= 15 is 0 Å². The number of nitrogens with one attached hydrogen (secondary N) is 2. The second kappa shape index (κ2) is 8.46. The highest BCUT2D eigenvalue weighted by Gasteiger charge is 1.99. The average Bonchev–Trinajstić information content (AvgIpc) is 2.13. The van der Waals surface area contributed by atoms with Gasteiger partial charge in [-0.3, -0.25) is 4.79 Å². The second-order valence-electron chi connectivity index (χ2n) is 2.65. The van der Waals surface area contributed by atoms with Gasteiger partial charge < -0.3 is 20.5 Å². The molecule has 82 valence electrons. The molecule has 0 heterocycles. The Balaban J connectivity index is 3.19. The van der Waals surface area contributed by atoms with E-state index in [1.165, 1.54) is 0 Å². The fourth-order valence-electron chi connectivity index (χ4n) is 0.749. The van der Waals surface area contributed by atoms with E-state index in [1.54, 1.807) is 7.05 Å². The first-order valence-electron chi connectivity index (χ1n) is 4.37. The molecule has 6 heteroatoms. The van der Waals surface area contributed by atoms with Crippen LogP contribution < -0.4 is 10.6 Å². The molecule has 0 saturated heterocycles. The molecule has 0 saturated carbocycles.